The van der Waals surface area contributed by atoms with Crippen LogP contribution in [-0.2, 0) is 17.4 Å². The van der Waals surface area contributed by atoms with Crippen molar-refractivity contribution in [3.05, 3.63) is 59.2 Å². The molecule has 0 aliphatic rings. The molecule has 0 bridgehead atoms. The number of fused-ring (bicyclic) bond motifs is 1. The van der Waals surface area contributed by atoms with Crippen LogP contribution < -0.4 is 0 Å². The molecule has 0 fully saturated rings. The normalized spacial score (nSPS) is 13.1. The standard InChI is InChI=1S/C21H20F3NO2/c1-3-12(2)13-7-8-18-16(10-13)17(11-19(26)27)20(25-18)14-5-4-6-15(9-14)21(22,23)24/h4-10,12,25H,3,11H2,1-2H3,(H,26,27). The Morgan fingerprint density at radius 3 is 2.56 bits per heavy atom. The third-order valence-electron chi connectivity index (χ3n) is 4.92. The van der Waals surface area contributed by atoms with Gasteiger partial charge in [-0.1, -0.05) is 32.0 Å². The number of halogens is 3. The van der Waals surface area contributed by atoms with Crippen LogP contribution in [0.2, 0.25) is 0 Å². The molecule has 0 saturated carbocycles. The van der Waals surface area contributed by atoms with Crippen LogP contribution in [-0.4, -0.2) is 16.1 Å². The Bertz CT molecular complexity index is 989. The van der Waals surface area contributed by atoms with Crippen molar-refractivity contribution in [1.82, 2.24) is 4.98 Å². The summed E-state index contributed by atoms with van der Waals surface area (Å²) in [5.41, 5.74) is 2.27. The van der Waals surface area contributed by atoms with E-state index in [1.165, 1.54) is 6.07 Å². The quantitative estimate of drug-likeness (QED) is 0.575. The van der Waals surface area contributed by atoms with Crippen LogP contribution >= 0.6 is 0 Å². The van der Waals surface area contributed by atoms with Crippen LogP contribution in [0.3, 0.4) is 0 Å². The van der Waals surface area contributed by atoms with E-state index in [-0.39, 0.29) is 6.42 Å². The number of benzene rings is 2. The first-order valence-electron chi connectivity index (χ1n) is 8.74. The molecule has 2 aromatic carbocycles. The average molecular weight is 375 g/mol. The molecule has 3 nitrogen and oxygen atoms in total. The molecule has 0 spiro atoms. The Morgan fingerprint density at radius 1 is 1.19 bits per heavy atom. The molecule has 27 heavy (non-hydrogen) atoms. The maximum absolute atomic E-state index is 13.1. The van der Waals surface area contributed by atoms with Crippen molar-refractivity contribution < 1.29 is 23.1 Å². The van der Waals surface area contributed by atoms with Gasteiger partial charge in [0.25, 0.3) is 0 Å². The van der Waals surface area contributed by atoms with Gasteiger partial charge in [-0.3, -0.25) is 4.79 Å². The molecule has 0 saturated heterocycles. The van der Waals surface area contributed by atoms with Gasteiger partial charge in [-0.2, -0.15) is 13.2 Å². The summed E-state index contributed by atoms with van der Waals surface area (Å²) in [4.78, 5) is 14.5. The van der Waals surface area contributed by atoms with Crippen LogP contribution in [0.15, 0.2) is 42.5 Å². The number of aromatic nitrogens is 1. The molecular weight excluding hydrogens is 355 g/mol. The van der Waals surface area contributed by atoms with Crippen molar-refractivity contribution in [2.24, 2.45) is 0 Å². The summed E-state index contributed by atoms with van der Waals surface area (Å²) in [6.45, 7) is 4.15. The van der Waals surface area contributed by atoms with E-state index in [4.69, 9.17) is 0 Å². The molecule has 1 aromatic heterocycles. The third kappa shape index (κ3) is 3.84. The van der Waals surface area contributed by atoms with Crippen molar-refractivity contribution in [2.45, 2.75) is 38.8 Å². The average Bonchev–Trinajstić information content (AvgIpc) is 2.97. The van der Waals surface area contributed by atoms with Crippen LogP contribution in [0.1, 0.15) is 42.9 Å². The number of rotatable bonds is 5. The molecule has 3 rings (SSSR count). The Hall–Kier alpha value is -2.76. The highest BCUT2D eigenvalue weighted by atomic mass is 19.4. The van der Waals surface area contributed by atoms with Gasteiger partial charge in [0.15, 0.2) is 0 Å². The van der Waals surface area contributed by atoms with Gasteiger partial charge in [0, 0.05) is 10.9 Å². The summed E-state index contributed by atoms with van der Waals surface area (Å²) in [5.74, 6) is -0.725. The Morgan fingerprint density at radius 2 is 1.93 bits per heavy atom. The molecule has 0 aliphatic heterocycles. The SMILES string of the molecule is CCC(C)c1ccc2[nH]c(-c3cccc(C(F)(F)F)c3)c(CC(=O)O)c2c1. The number of alkyl halides is 3. The van der Waals surface area contributed by atoms with E-state index in [1.807, 2.05) is 18.2 Å². The molecule has 2 N–H and O–H groups in total. The first-order chi connectivity index (χ1) is 12.7. The summed E-state index contributed by atoms with van der Waals surface area (Å²) in [6.07, 6.45) is -3.79. The van der Waals surface area contributed by atoms with Crippen LogP contribution in [0.4, 0.5) is 13.2 Å². The van der Waals surface area contributed by atoms with Crippen molar-refractivity contribution in [3.8, 4) is 11.3 Å². The summed E-state index contributed by atoms with van der Waals surface area (Å²) in [5, 5.41) is 10.1. The number of aromatic amines is 1. The number of H-pyrrole nitrogens is 1. The number of carboxylic acids is 1. The van der Waals surface area contributed by atoms with E-state index in [2.05, 4.69) is 18.8 Å². The molecule has 6 heteroatoms. The van der Waals surface area contributed by atoms with E-state index in [1.54, 1.807) is 6.07 Å². The third-order valence-corrected chi connectivity index (χ3v) is 4.92. The number of nitrogens with one attached hydrogen (secondary N) is 1. The highest BCUT2D eigenvalue weighted by Gasteiger charge is 2.31. The molecule has 142 valence electrons. The van der Waals surface area contributed by atoms with Gasteiger partial charge in [-0.25, -0.2) is 0 Å². The summed E-state index contributed by atoms with van der Waals surface area (Å²) in [6, 6.07) is 10.7. The van der Waals surface area contributed by atoms with Crippen LogP contribution in [0, 0.1) is 0 Å². The Labute approximate surface area is 154 Å². The zero-order chi connectivity index (χ0) is 19.8. The molecule has 0 amide bonds. The number of hydrogen-bond acceptors (Lipinski definition) is 1. The molecular formula is C21H20F3NO2. The van der Waals surface area contributed by atoms with Gasteiger partial charge in [-0.05, 0) is 53.3 Å². The van der Waals surface area contributed by atoms with Crippen molar-refractivity contribution in [1.29, 1.82) is 0 Å². The number of aliphatic carboxylic acids is 1. The summed E-state index contributed by atoms with van der Waals surface area (Å²) >= 11 is 0. The maximum atomic E-state index is 13.1. The van der Waals surface area contributed by atoms with Gasteiger partial charge in [-0.15, -0.1) is 0 Å². The second-order valence-corrected chi connectivity index (χ2v) is 6.74. The molecule has 1 heterocycles. The predicted octanol–water partition coefficient (Wildman–Crippen LogP) is 5.99. The van der Waals surface area contributed by atoms with Crippen molar-refractivity contribution in [3.63, 3.8) is 0 Å². The lowest BCUT2D eigenvalue weighted by Gasteiger charge is -2.10. The lowest BCUT2D eigenvalue weighted by Crippen LogP contribution is -2.05. The number of carboxylic acid groups (broad SMARTS) is 1. The second-order valence-electron chi connectivity index (χ2n) is 6.74. The lowest BCUT2D eigenvalue weighted by atomic mass is 9.95. The van der Waals surface area contributed by atoms with Gasteiger partial charge >= 0.3 is 12.1 Å². The zero-order valence-electron chi connectivity index (χ0n) is 15.0. The van der Waals surface area contributed by atoms with Crippen LogP contribution in [0.5, 0.6) is 0 Å². The van der Waals surface area contributed by atoms with Crippen LogP contribution in [0.25, 0.3) is 22.2 Å². The molecule has 3 aromatic rings. The topological polar surface area (TPSA) is 53.1 Å². The minimum Gasteiger partial charge on any atom is -0.481 e. The highest BCUT2D eigenvalue weighted by Crippen LogP contribution is 2.36. The number of hydrogen-bond donors (Lipinski definition) is 2. The minimum absolute atomic E-state index is 0.268. The van der Waals surface area contributed by atoms with E-state index >= 15 is 0 Å². The van der Waals surface area contributed by atoms with Crippen molar-refractivity contribution >= 4 is 16.9 Å². The van der Waals surface area contributed by atoms with E-state index in [0.717, 1.165) is 29.5 Å². The Balaban J connectivity index is 2.22. The predicted molar refractivity (Wildman–Crippen MR) is 98.8 cm³/mol. The smallest absolute Gasteiger partial charge is 0.416 e. The minimum atomic E-state index is -4.46. The fraction of sp³-hybridized carbons (Fsp3) is 0.286. The second kappa shape index (κ2) is 7.10. The lowest BCUT2D eigenvalue weighted by molar-refractivity contribution is -0.138. The van der Waals surface area contributed by atoms with Crippen molar-refractivity contribution in [2.75, 3.05) is 0 Å². The Kier molecular flexibility index (Phi) is 5.00. The fourth-order valence-corrected chi connectivity index (χ4v) is 3.24. The van der Waals surface area contributed by atoms with E-state index in [9.17, 15) is 23.1 Å². The summed E-state index contributed by atoms with van der Waals surface area (Å²) in [7, 11) is 0. The maximum Gasteiger partial charge on any atom is 0.416 e. The van der Waals surface area contributed by atoms with Gasteiger partial charge in [0.2, 0.25) is 0 Å². The van der Waals surface area contributed by atoms with Gasteiger partial charge < -0.3 is 10.1 Å². The molecule has 0 aliphatic carbocycles. The molecule has 0 radical (unpaired) electrons. The highest BCUT2D eigenvalue weighted by molar-refractivity contribution is 5.94. The first kappa shape index (κ1) is 19.0. The largest absolute Gasteiger partial charge is 0.481 e. The van der Waals surface area contributed by atoms with Gasteiger partial charge in [0.1, 0.15) is 0 Å². The summed E-state index contributed by atoms with van der Waals surface area (Å²) < 4.78 is 39.2. The monoisotopic (exact) mass is 375 g/mol. The van der Waals surface area contributed by atoms with E-state index in [0.29, 0.717) is 28.3 Å². The van der Waals surface area contributed by atoms with E-state index < -0.39 is 17.7 Å². The fourth-order valence-electron chi connectivity index (χ4n) is 3.24. The first-order valence-corrected chi connectivity index (χ1v) is 8.74. The van der Waals surface area contributed by atoms with Gasteiger partial charge in [0.05, 0.1) is 17.7 Å². The number of carbonyl (C=O) groups is 1. The molecule has 1 unspecified atom stereocenters. The zero-order valence-corrected chi connectivity index (χ0v) is 15.0. The molecule has 1 atom stereocenters.